The number of nitrogens with zero attached hydrogens (tertiary/aromatic N) is 1. The molecule has 0 aromatic heterocycles. The lowest BCUT2D eigenvalue weighted by molar-refractivity contribution is 0.585. The van der Waals surface area contributed by atoms with Crippen LogP contribution in [0.2, 0.25) is 0 Å². The summed E-state index contributed by atoms with van der Waals surface area (Å²) in [5.41, 5.74) is 2.77. The zero-order valence-corrected chi connectivity index (χ0v) is 15.3. The van der Waals surface area contributed by atoms with Gasteiger partial charge in [-0.25, -0.2) is 0 Å². The van der Waals surface area contributed by atoms with Gasteiger partial charge >= 0.3 is 0 Å². The molecule has 0 unspecified atom stereocenters. The van der Waals surface area contributed by atoms with Crippen molar-refractivity contribution in [2.45, 2.75) is 45.0 Å². The molecule has 0 aliphatic carbocycles. The first-order chi connectivity index (χ1) is 9.37. The van der Waals surface area contributed by atoms with Gasteiger partial charge in [0.05, 0.1) is 0 Å². The van der Waals surface area contributed by atoms with Gasteiger partial charge < -0.3 is 10.2 Å². The molecule has 1 saturated heterocycles. The molecule has 0 bridgehead atoms. The van der Waals surface area contributed by atoms with Crippen LogP contribution >= 0.6 is 27.7 Å². The van der Waals surface area contributed by atoms with Crippen LogP contribution in [0, 0.1) is 0 Å². The summed E-state index contributed by atoms with van der Waals surface area (Å²) in [4.78, 5) is 2.54. The van der Waals surface area contributed by atoms with Crippen molar-refractivity contribution >= 4 is 33.4 Å². The number of hydrogen-bond donors (Lipinski definition) is 1. The molecule has 0 spiro atoms. The van der Waals surface area contributed by atoms with Crippen molar-refractivity contribution in [2.75, 3.05) is 23.7 Å². The topological polar surface area (TPSA) is 15.3 Å². The molecule has 112 valence electrons. The molecule has 1 aromatic carbocycles. The van der Waals surface area contributed by atoms with Gasteiger partial charge in [0, 0.05) is 46.3 Å². The first kappa shape index (κ1) is 16.2. The second-order valence-corrected chi connectivity index (χ2v) is 9.06. The smallest absolute Gasteiger partial charge is 0.0423 e. The Kier molecular flexibility index (Phi) is 5.43. The molecule has 20 heavy (non-hydrogen) atoms. The van der Waals surface area contributed by atoms with Crippen molar-refractivity contribution in [3.63, 3.8) is 0 Å². The summed E-state index contributed by atoms with van der Waals surface area (Å²) in [7, 11) is 0. The largest absolute Gasteiger partial charge is 0.369 e. The third-order valence-electron chi connectivity index (χ3n) is 3.51. The average molecular weight is 357 g/mol. The highest BCUT2D eigenvalue weighted by Crippen LogP contribution is 2.34. The average Bonchev–Trinajstić information content (AvgIpc) is 2.36. The highest BCUT2D eigenvalue weighted by Gasteiger charge is 2.28. The van der Waals surface area contributed by atoms with Crippen LogP contribution in [0.1, 0.15) is 33.3 Å². The van der Waals surface area contributed by atoms with Crippen molar-refractivity contribution in [3.05, 3.63) is 28.2 Å². The Bertz CT molecular complexity index is 460. The molecule has 0 radical (unpaired) electrons. The van der Waals surface area contributed by atoms with E-state index in [0.29, 0.717) is 10.8 Å². The first-order valence-electron chi connectivity index (χ1n) is 7.28. The standard InChI is InChI=1S/C16H25BrN2S/c1-12(2)18-10-13-5-6-14(17)9-15(13)19-7-8-20-16(3,4)11-19/h5-6,9,12,18H,7-8,10-11H2,1-4H3. The quantitative estimate of drug-likeness (QED) is 0.866. The van der Waals surface area contributed by atoms with Crippen molar-refractivity contribution in [2.24, 2.45) is 0 Å². The van der Waals surface area contributed by atoms with Crippen molar-refractivity contribution in [1.82, 2.24) is 5.32 Å². The molecule has 1 fully saturated rings. The fraction of sp³-hybridized carbons (Fsp3) is 0.625. The number of thioether (sulfide) groups is 1. The maximum absolute atomic E-state index is 3.62. The van der Waals surface area contributed by atoms with Crippen molar-refractivity contribution < 1.29 is 0 Å². The third kappa shape index (κ3) is 4.40. The number of halogens is 1. The Morgan fingerprint density at radius 1 is 1.40 bits per heavy atom. The van der Waals surface area contributed by atoms with E-state index in [1.807, 2.05) is 0 Å². The van der Waals surface area contributed by atoms with Gasteiger partial charge in [-0.2, -0.15) is 11.8 Å². The van der Waals surface area contributed by atoms with Crippen LogP contribution in [-0.4, -0.2) is 29.6 Å². The summed E-state index contributed by atoms with van der Waals surface area (Å²) < 4.78 is 1.50. The molecule has 0 amide bonds. The van der Waals surface area contributed by atoms with E-state index in [0.717, 1.165) is 24.1 Å². The fourth-order valence-electron chi connectivity index (χ4n) is 2.52. The summed E-state index contributed by atoms with van der Waals surface area (Å²) in [6.07, 6.45) is 0. The van der Waals surface area contributed by atoms with E-state index in [1.165, 1.54) is 17.0 Å². The van der Waals surface area contributed by atoms with Crippen molar-refractivity contribution in [3.8, 4) is 0 Å². The number of benzene rings is 1. The van der Waals surface area contributed by atoms with Gasteiger partial charge in [0.25, 0.3) is 0 Å². The number of rotatable bonds is 4. The van der Waals surface area contributed by atoms with Crippen LogP contribution in [0.3, 0.4) is 0 Å². The lowest BCUT2D eigenvalue weighted by Crippen LogP contribution is -2.43. The Hall–Kier alpha value is -0.190. The van der Waals surface area contributed by atoms with E-state index in [9.17, 15) is 0 Å². The lowest BCUT2D eigenvalue weighted by atomic mass is 10.1. The Labute approximate surface area is 135 Å². The first-order valence-corrected chi connectivity index (χ1v) is 9.06. The SMILES string of the molecule is CC(C)NCc1ccc(Br)cc1N1CCSC(C)(C)C1. The van der Waals surface area contributed by atoms with E-state index >= 15 is 0 Å². The van der Waals surface area contributed by atoms with Crippen LogP contribution in [0.25, 0.3) is 0 Å². The monoisotopic (exact) mass is 356 g/mol. The van der Waals surface area contributed by atoms with Crippen LogP contribution in [0.5, 0.6) is 0 Å². The Morgan fingerprint density at radius 3 is 2.80 bits per heavy atom. The fourth-order valence-corrected chi connectivity index (χ4v) is 3.98. The molecule has 2 rings (SSSR count). The summed E-state index contributed by atoms with van der Waals surface area (Å²) >= 11 is 5.70. The van der Waals surface area contributed by atoms with E-state index in [-0.39, 0.29) is 0 Å². The van der Waals surface area contributed by atoms with Gasteiger partial charge in [0.15, 0.2) is 0 Å². The number of nitrogens with one attached hydrogen (secondary N) is 1. The predicted octanol–water partition coefficient (Wildman–Crippen LogP) is 4.28. The molecule has 0 saturated carbocycles. The van der Waals surface area contributed by atoms with Gasteiger partial charge in [0.2, 0.25) is 0 Å². The normalized spacial score (nSPS) is 18.6. The van der Waals surface area contributed by atoms with E-state index < -0.39 is 0 Å². The molecule has 1 aromatic rings. The molecule has 0 atom stereocenters. The summed E-state index contributed by atoms with van der Waals surface area (Å²) in [6, 6.07) is 7.16. The summed E-state index contributed by atoms with van der Waals surface area (Å²) in [5.74, 6) is 1.20. The predicted molar refractivity (Wildman–Crippen MR) is 94.9 cm³/mol. The van der Waals surface area contributed by atoms with Gasteiger partial charge in [0.1, 0.15) is 0 Å². The van der Waals surface area contributed by atoms with Crippen LogP contribution in [0.15, 0.2) is 22.7 Å². The molecule has 1 aliphatic heterocycles. The molecule has 4 heteroatoms. The minimum atomic E-state index is 0.337. The number of anilines is 1. The Balaban J connectivity index is 2.22. The van der Waals surface area contributed by atoms with Crippen LogP contribution < -0.4 is 10.2 Å². The molecule has 1 heterocycles. The molecule has 2 nitrogen and oxygen atoms in total. The molecular weight excluding hydrogens is 332 g/mol. The van der Waals surface area contributed by atoms with E-state index in [2.05, 4.69) is 83.8 Å². The summed E-state index contributed by atoms with van der Waals surface area (Å²) in [5, 5.41) is 3.53. The maximum atomic E-state index is 3.62. The van der Waals surface area contributed by atoms with Gasteiger partial charge in [-0.15, -0.1) is 0 Å². The highest BCUT2D eigenvalue weighted by atomic mass is 79.9. The van der Waals surface area contributed by atoms with Crippen LogP contribution in [-0.2, 0) is 6.54 Å². The zero-order chi connectivity index (χ0) is 14.8. The second kappa shape index (κ2) is 6.71. The second-order valence-electron chi connectivity index (χ2n) is 6.34. The highest BCUT2D eigenvalue weighted by molar-refractivity contribution is 9.10. The molecule has 1 N–H and O–H groups in total. The van der Waals surface area contributed by atoms with Crippen molar-refractivity contribution in [1.29, 1.82) is 0 Å². The van der Waals surface area contributed by atoms with E-state index in [1.54, 1.807) is 0 Å². The maximum Gasteiger partial charge on any atom is 0.0423 e. The van der Waals surface area contributed by atoms with Gasteiger partial charge in [-0.3, -0.25) is 0 Å². The minimum Gasteiger partial charge on any atom is -0.369 e. The number of hydrogen-bond acceptors (Lipinski definition) is 3. The minimum absolute atomic E-state index is 0.337. The van der Waals surface area contributed by atoms with Gasteiger partial charge in [-0.1, -0.05) is 35.8 Å². The van der Waals surface area contributed by atoms with Crippen LogP contribution in [0.4, 0.5) is 5.69 Å². The summed E-state index contributed by atoms with van der Waals surface area (Å²) in [6.45, 7) is 12.3. The Morgan fingerprint density at radius 2 is 2.15 bits per heavy atom. The zero-order valence-electron chi connectivity index (χ0n) is 12.9. The van der Waals surface area contributed by atoms with Gasteiger partial charge in [-0.05, 0) is 31.5 Å². The molecular formula is C16H25BrN2S. The third-order valence-corrected chi connectivity index (χ3v) is 5.30. The molecule has 1 aliphatic rings. The lowest BCUT2D eigenvalue weighted by Gasteiger charge is -2.40. The van der Waals surface area contributed by atoms with E-state index in [4.69, 9.17) is 0 Å².